The molecule has 18 heavy (non-hydrogen) atoms. The molecule has 1 N–H and O–H groups in total. The van der Waals surface area contributed by atoms with E-state index in [-0.39, 0.29) is 18.4 Å². The van der Waals surface area contributed by atoms with E-state index in [9.17, 15) is 9.59 Å². The van der Waals surface area contributed by atoms with E-state index in [4.69, 9.17) is 0 Å². The van der Waals surface area contributed by atoms with Gasteiger partial charge in [0.1, 0.15) is 0 Å². The van der Waals surface area contributed by atoms with Crippen LogP contribution in [-0.4, -0.2) is 61.9 Å². The van der Waals surface area contributed by atoms with Crippen molar-refractivity contribution in [1.29, 1.82) is 0 Å². The average Bonchev–Trinajstić information content (AvgIpc) is 2.22. The van der Waals surface area contributed by atoms with Gasteiger partial charge in [0.25, 0.3) is 0 Å². The number of rotatable bonds is 8. The topological polar surface area (TPSA) is 52.7 Å². The summed E-state index contributed by atoms with van der Waals surface area (Å²) in [5.41, 5.74) is 0. The van der Waals surface area contributed by atoms with E-state index in [1.54, 1.807) is 4.90 Å². The normalized spacial score (nSPS) is 10.8. The summed E-state index contributed by atoms with van der Waals surface area (Å²) in [6.07, 6.45) is 0.920. The van der Waals surface area contributed by atoms with Crippen molar-refractivity contribution in [2.75, 3.05) is 40.3 Å². The molecule has 0 aromatic carbocycles. The van der Waals surface area contributed by atoms with Gasteiger partial charge >= 0.3 is 0 Å². The van der Waals surface area contributed by atoms with Crippen molar-refractivity contribution in [1.82, 2.24) is 15.1 Å². The van der Waals surface area contributed by atoms with Crippen molar-refractivity contribution in [3.8, 4) is 0 Å². The maximum absolute atomic E-state index is 11.7. The summed E-state index contributed by atoms with van der Waals surface area (Å²) in [7, 11) is 4.00. The first-order chi connectivity index (χ1) is 8.32. The molecular formula is C13H27N3O2. The summed E-state index contributed by atoms with van der Waals surface area (Å²) in [5.74, 6) is 0.243. The SMILES string of the molecule is CC(=O)N(CC(=O)NCCCN(C)C)CC(C)C. The molecule has 0 aliphatic carbocycles. The lowest BCUT2D eigenvalue weighted by Crippen LogP contribution is -2.41. The van der Waals surface area contributed by atoms with E-state index in [2.05, 4.69) is 10.2 Å². The quantitative estimate of drug-likeness (QED) is 0.646. The van der Waals surface area contributed by atoms with Gasteiger partial charge in [-0.25, -0.2) is 0 Å². The van der Waals surface area contributed by atoms with Gasteiger partial charge in [-0.1, -0.05) is 13.8 Å². The van der Waals surface area contributed by atoms with Crippen molar-refractivity contribution in [3.05, 3.63) is 0 Å². The summed E-state index contributed by atoms with van der Waals surface area (Å²) in [5, 5.41) is 2.84. The van der Waals surface area contributed by atoms with Gasteiger partial charge in [0.2, 0.25) is 11.8 Å². The summed E-state index contributed by atoms with van der Waals surface area (Å²) in [6, 6.07) is 0. The van der Waals surface area contributed by atoms with E-state index >= 15 is 0 Å². The summed E-state index contributed by atoms with van der Waals surface area (Å²) in [6.45, 7) is 7.96. The van der Waals surface area contributed by atoms with E-state index in [0.717, 1.165) is 13.0 Å². The van der Waals surface area contributed by atoms with Crippen LogP contribution in [0.5, 0.6) is 0 Å². The van der Waals surface area contributed by atoms with Crippen LogP contribution in [0.25, 0.3) is 0 Å². The third-order valence-corrected chi connectivity index (χ3v) is 2.47. The maximum atomic E-state index is 11.7. The third kappa shape index (κ3) is 8.98. The number of amides is 2. The molecule has 0 aliphatic rings. The molecule has 0 atom stereocenters. The molecule has 0 unspecified atom stereocenters. The predicted octanol–water partition coefficient (Wildman–Crippen LogP) is 0.559. The molecule has 0 radical (unpaired) electrons. The molecule has 0 aromatic heterocycles. The first kappa shape index (κ1) is 16.9. The molecule has 5 heteroatoms. The fourth-order valence-electron chi connectivity index (χ4n) is 1.60. The van der Waals surface area contributed by atoms with Gasteiger partial charge in [0.05, 0.1) is 6.54 Å². The minimum atomic E-state index is -0.0791. The molecule has 0 rings (SSSR count). The smallest absolute Gasteiger partial charge is 0.239 e. The molecule has 0 aromatic rings. The van der Waals surface area contributed by atoms with Crippen LogP contribution in [0.1, 0.15) is 27.2 Å². The lowest BCUT2D eigenvalue weighted by molar-refractivity contribution is -0.134. The van der Waals surface area contributed by atoms with Crippen molar-refractivity contribution in [2.24, 2.45) is 5.92 Å². The third-order valence-electron chi connectivity index (χ3n) is 2.47. The van der Waals surface area contributed by atoms with Crippen LogP contribution < -0.4 is 5.32 Å². The fraction of sp³-hybridized carbons (Fsp3) is 0.846. The number of hydrogen-bond donors (Lipinski definition) is 1. The van der Waals surface area contributed by atoms with Gasteiger partial charge in [0.15, 0.2) is 0 Å². The molecule has 0 fully saturated rings. The monoisotopic (exact) mass is 257 g/mol. The van der Waals surface area contributed by atoms with Crippen LogP contribution in [0.4, 0.5) is 0 Å². The number of carbonyl (C=O) groups is 2. The van der Waals surface area contributed by atoms with Gasteiger partial charge in [-0.15, -0.1) is 0 Å². The van der Waals surface area contributed by atoms with Crippen LogP contribution in [0, 0.1) is 5.92 Å². The molecule has 0 saturated carbocycles. The van der Waals surface area contributed by atoms with Crippen LogP contribution in [0.3, 0.4) is 0 Å². The minimum absolute atomic E-state index is 0.0489. The molecule has 5 nitrogen and oxygen atoms in total. The maximum Gasteiger partial charge on any atom is 0.239 e. The van der Waals surface area contributed by atoms with Crippen molar-refractivity contribution in [3.63, 3.8) is 0 Å². The second-order valence-electron chi connectivity index (χ2n) is 5.30. The largest absolute Gasteiger partial charge is 0.355 e. The average molecular weight is 257 g/mol. The molecule has 0 spiro atoms. The van der Waals surface area contributed by atoms with Gasteiger partial charge in [-0.2, -0.15) is 0 Å². The highest BCUT2D eigenvalue weighted by molar-refractivity contribution is 5.83. The highest BCUT2D eigenvalue weighted by atomic mass is 16.2. The number of hydrogen-bond acceptors (Lipinski definition) is 3. The molecular weight excluding hydrogens is 230 g/mol. The Kier molecular flexibility index (Phi) is 8.37. The summed E-state index contributed by atoms with van der Waals surface area (Å²) >= 11 is 0. The number of carbonyl (C=O) groups excluding carboxylic acids is 2. The fourth-order valence-corrected chi connectivity index (χ4v) is 1.60. The van der Waals surface area contributed by atoms with Crippen LogP contribution in [0.2, 0.25) is 0 Å². The first-order valence-corrected chi connectivity index (χ1v) is 6.50. The van der Waals surface area contributed by atoms with Crippen LogP contribution in [0.15, 0.2) is 0 Å². The lowest BCUT2D eigenvalue weighted by Gasteiger charge is -2.22. The molecule has 0 heterocycles. The zero-order valence-corrected chi connectivity index (χ0v) is 12.3. The van der Waals surface area contributed by atoms with E-state index in [1.165, 1.54) is 6.92 Å². The molecule has 106 valence electrons. The molecule has 0 bridgehead atoms. The number of nitrogens with one attached hydrogen (secondary N) is 1. The van der Waals surface area contributed by atoms with Gasteiger partial charge in [-0.05, 0) is 33.0 Å². The van der Waals surface area contributed by atoms with Crippen molar-refractivity contribution < 1.29 is 9.59 Å². The van der Waals surface area contributed by atoms with Gasteiger partial charge in [-0.3, -0.25) is 9.59 Å². The highest BCUT2D eigenvalue weighted by Crippen LogP contribution is 1.98. The zero-order chi connectivity index (χ0) is 14.1. The molecule has 0 aliphatic heterocycles. The zero-order valence-electron chi connectivity index (χ0n) is 12.3. The van der Waals surface area contributed by atoms with Crippen LogP contribution >= 0.6 is 0 Å². The Morgan fingerprint density at radius 2 is 1.83 bits per heavy atom. The molecule has 2 amide bonds. The van der Waals surface area contributed by atoms with E-state index < -0.39 is 0 Å². The standard InChI is InChI=1S/C13H27N3O2/c1-11(2)9-16(12(3)17)10-13(18)14-7-6-8-15(4)5/h11H,6-10H2,1-5H3,(H,14,18). The lowest BCUT2D eigenvalue weighted by atomic mass is 10.2. The van der Waals surface area contributed by atoms with E-state index in [1.807, 2.05) is 27.9 Å². The first-order valence-electron chi connectivity index (χ1n) is 6.50. The van der Waals surface area contributed by atoms with E-state index in [0.29, 0.717) is 19.0 Å². The Morgan fingerprint density at radius 3 is 2.28 bits per heavy atom. The second-order valence-corrected chi connectivity index (χ2v) is 5.30. The Balaban J connectivity index is 3.92. The Hall–Kier alpha value is -1.10. The van der Waals surface area contributed by atoms with Crippen LogP contribution in [-0.2, 0) is 9.59 Å². The van der Waals surface area contributed by atoms with Crippen molar-refractivity contribution in [2.45, 2.75) is 27.2 Å². The Morgan fingerprint density at radius 1 is 1.22 bits per heavy atom. The second kappa shape index (κ2) is 8.91. The number of nitrogens with zero attached hydrogens (tertiary/aromatic N) is 2. The van der Waals surface area contributed by atoms with Crippen molar-refractivity contribution >= 4 is 11.8 Å². The Labute approximate surface area is 111 Å². The van der Waals surface area contributed by atoms with Gasteiger partial charge in [0, 0.05) is 20.0 Å². The highest BCUT2D eigenvalue weighted by Gasteiger charge is 2.14. The predicted molar refractivity (Wildman–Crippen MR) is 73.3 cm³/mol. The minimum Gasteiger partial charge on any atom is -0.355 e. The Bertz CT molecular complexity index is 265. The summed E-state index contributed by atoms with van der Waals surface area (Å²) in [4.78, 5) is 26.7. The van der Waals surface area contributed by atoms with Gasteiger partial charge < -0.3 is 15.1 Å². The summed E-state index contributed by atoms with van der Waals surface area (Å²) < 4.78 is 0. The molecule has 0 saturated heterocycles.